The fourth-order valence-corrected chi connectivity index (χ4v) is 2.35. The standard InChI is InChI=1S/C17H28O2/c1-2-3-4-5-6-7-8-9-10-14-19-17-13-11-12-16(18)15-17/h2,15H,1,3-14H2. The number of hydrogen-bond donors (Lipinski definition) is 0. The van der Waals surface area contributed by atoms with E-state index in [1.165, 1.54) is 38.5 Å². The molecule has 1 aliphatic rings. The molecule has 0 atom stereocenters. The molecule has 2 nitrogen and oxygen atoms in total. The van der Waals surface area contributed by atoms with Gasteiger partial charge in [0.15, 0.2) is 5.78 Å². The second-order valence-electron chi connectivity index (χ2n) is 5.33. The predicted molar refractivity (Wildman–Crippen MR) is 80.0 cm³/mol. The molecule has 0 fully saturated rings. The van der Waals surface area contributed by atoms with Crippen LogP contribution in [0.15, 0.2) is 24.5 Å². The summed E-state index contributed by atoms with van der Waals surface area (Å²) in [6.45, 7) is 4.51. The van der Waals surface area contributed by atoms with Gasteiger partial charge in [-0.1, -0.05) is 38.2 Å². The Labute approximate surface area is 117 Å². The molecule has 108 valence electrons. The Morgan fingerprint density at radius 2 is 1.74 bits per heavy atom. The normalized spacial score (nSPS) is 15.2. The fraction of sp³-hybridized carbons (Fsp3) is 0.706. The van der Waals surface area contributed by atoms with E-state index in [4.69, 9.17) is 4.74 Å². The van der Waals surface area contributed by atoms with Crippen molar-refractivity contribution >= 4 is 5.78 Å². The van der Waals surface area contributed by atoms with E-state index in [0.29, 0.717) is 6.42 Å². The lowest BCUT2D eigenvalue weighted by atomic mass is 10.1. The van der Waals surface area contributed by atoms with Crippen LogP contribution in [0.25, 0.3) is 0 Å². The van der Waals surface area contributed by atoms with Gasteiger partial charge in [-0.2, -0.15) is 0 Å². The molecule has 0 saturated carbocycles. The van der Waals surface area contributed by atoms with E-state index in [-0.39, 0.29) is 5.78 Å². The van der Waals surface area contributed by atoms with Crippen molar-refractivity contribution in [2.24, 2.45) is 0 Å². The molecule has 2 heteroatoms. The largest absolute Gasteiger partial charge is 0.498 e. The maximum atomic E-state index is 11.2. The van der Waals surface area contributed by atoms with E-state index < -0.39 is 0 Å². The van der Waals surface area contributed by atoms with Crippen LogP contribution in [0.1, 0.15) is 70.6 Å². The summed E-state index contributed by atoms with van der Waals surface area (Å²) in [5.74, 6) is 1.13. The van der Waals surface area contributed by atoms with Crippen LogP contribution in [0.3, 0.4) is 0 Å². The molecule has 1 rings (SSSR count). The van der Waals surface area contributed by atoms with E-state index in [0.717, 1.165) is 38.0 Å². The quantitative estimate of drug-likeness (QED) is 0.390. The third kappa shape index (κ3) is 8.63. The first kappa shape index (κ1) is 16.0. The molecular formula is C17H28O2. The lowest BCUT2D eigenvalue weighted by molar-refractivity contribution is -0.115. The predicted octanol–water partition coefficient (Wildman–Crippen LogP) is 4.95. The number of carbonyl (C=O) groups is 1. The monoisotopic (exact) mass is 264 g/mol. The van der Waals surface area contributed by atoms with Gasteiger partial charge in [0.05, 0.1) is 12.4 Å². The summed E-state index contributed by atoms with van der Waals surface area (Å²) < 4.78 is 5.64. The average molecular weight is 264 g/mol. The Hall–Kier alpha value is -1.05. The molecule has 0 aromatic rings. The van der Waals surface area contributed by atoms with Crippen molar-refractivity contribution in [2.45, 2.75) is 70.6 Å². The number of carbonyl (C=O) groups excluding carboxylic acids is 1. The number of rotatable bonds is 11. The minimum Gasteiger partial charge on any atom is -0.498 e. The topological polar surface area (TPSA) is 26.3 Å². The highest BCUT2D eigenvalue weighted by Gasteiger charge is 2.10. The Balaban J connectivity index is 1.86. The van der Waals surface area contributed by atoms with Crippen molar-refractivity contribution < 1.29 is 9.53 Å². The summed E-state index contributed by atoms with van der Waals surface area (Å²) in [7, 11) is 0. The fourth-order valence-electron chi connectivity index (χ4n) is 2.35. The molecule has 0 amide bonds. The molecule has 0 heterocycles. The van der Waals surface area contributed by atoms with Crippen LogP contribution in [-0.2, 0) is 9.53 Å². The van der Waals surface area contributed by atoms with Gasteiger partial charge in [-0.25, -0.2) is 0 Å². The van der Waals surface area contributed by atoms with Gasteiger partial charge in [-0.3, -0.25) is 4.79 Å². The van der Waals surface area contributed by atoms with E-state index >= 15 is 0 Å². The van der Waals surface area contributed by atoms with Gasteiger partial charge >= 0.3 is 0 Å². The van der Waals surface area contributed by atoms with Gasteiger partial charge in [0.1, 0.15) is 0 Å². The van der Waals surface area contributed by atoms with Gasteiger partial charge in [-0.05, 0) is 25.7 Å². The number of allylic oxidation sites excluding steroid dienone is 3. The smallest absolute Gasteiger partial charge is 0.159 e. The van der Waals surface area contributed by atoms with E-state index in [9.17, 15) is 4.79 Å². The van der Waals surface area contributed by atoms with Crippen LogP contribution >= 0.6 is 0 Å². The molecule has 0 radical (unpaired) electrons. The highest BCUT2D eigenvalue weighted by molar-refractivity contribution is 5.90. The van der Waals surface area contributed by atoms with Crippen LogP contribution in [0.5, 0.6) is 0 Å². The molecule has 0 bridgehead atoms. The molecule has 0 aliphatic heterocycles. The Kier molecular flexibility index (Phi) is 9.13. The first-order valence-corrected chi connectivity index (χ1v) is 7.80. The lowest BCUT2D eigenvalue weighted by Crippen LogP contribution is -2.06. The Morgan fingerprint density at radius 3 is 2.42 bits per heavy atom. The molecule has 0 unspecified atom stereocenters. The highest BCUT2D eigenvalue weighted by Crippen LogP contribution is 2.17. The first-order valence-electron chi connectivity index (χ1n) is 7.80. The number of ketones is 1. The minimum atomic E-state index is 0.223. The molecule has 0 saturated heterocycles. The van der Waals surface area contributed by atoms with Crippen LogP contribution < -0.4 is 0 Å². The lowest BCUT2D eigenvalue weighted by Gasteiger charge is -2.13. The van der Waals surface area contributed by atoms with Gasteiger partial charge in [-0.15, -0.1) is 6.58 Å². The van der Waals surface area contributed by atoms with E-state index in [1.54, 1.807) is 6.08 Å². The van der Waals surface area contributed by atoms with Crippen molar-refractivity contribution in [1.29, 1.82) is 0 Å². The summed E-state index contributed by atoms with van der Waals surface area (Å²) in [5.41, 5.74) is 0. The Bertz CT molecular complexity index is 292. The average Bonchev–Trinajstić information content (AvgIpc) is 2.41. The van der Waals surface area contributed by atoms with Crippen LogP contribution in [-0.4, -0.2) is 12.4 Å². The molecule has 0 aromatic heterocycles. The summed E-state index contributed by atoms with van der Waals surface area (Å²) >= 11 is 0. The van der Waals surface area contributed by atoms with Crippen molar-refractivity contribution in [3.05, 3.63) is 24.5 Å². The summed E-state index contributed by atoms with van der Waals surface area (Å²) in [6, 6.07) is 0. The zero-order chi connectivity index (χ0) is 13.8. The minimum absolute atomic E-state index is 0.223. The molecule has 0 N–H and O–H groups in total. The third-order valence-electron chi connectivity index (χ3n) is 3.51. The molecule has 0 aromatic carbocycles. The van der Waals surface area contributed by atoms with Crippen molar-refractivity contribution in [2.75, 3.05) is 6.61 Å². The maximum Gasteiger partial charge on any atom is 0.159 e. The Morgan fingerprint density at radius 1 is 1.05 bits per heavy atom. The molecule has 19 heavy (non-hydrogen) atoms. The summed E-state index contributed by atoms with van der Waals surface area (Å²) in [4.78, 5) is 11.2. The third-order valence-corrected chi connectivity index (χ3v) is 3.51. The maximum absolute atomic E-state index is 11.2. The first-order chi connectivity index (χ1) is 9.33. The number of ether oxygens (including phenoxy) is 1. The van der Waals surface area contributed by atoms with Gasteiger partial charge < -0.3 is 4.74 Å². The van der Waals surface area contributed by atoms with Gasteiger partial charge in [0.2, 0.25) is 0 Å². The van der Waals surface area contributed by atoms with Crippen LogP contribution in [0.4, 0.5) is 0 Å². The summed E-state index contributed by atoms with van der Waals surface area (Å²) in [6.07, 6.45) is 16.4. The SMILES string of the molecule is C=CCCCCCCCCCOC1=CC(=O)CCC1. The van der Waals surface area contributed by atoms with Gasteiger partial charge in [0, 0.05) is 18.9 Å². The van der Waals surface area contributed by atoms with Gasteiger partial charge in [0.25, 0.3) is 0 Å². The molecule has 1 aliphatic carbocycles. The number of unbranched alkanes of at least 4 members (excludes halogenated alkanes) is 7. The van der Waals surface area contributed by atoms with Crippen LogP contribution in [0.2, 0.25) is 0 Å². The highest BCUT2D eigenvalue weighted by atomic mass is 16.5. The zero-order valence-corrected chi connectivity index (χ0v) is 12.2. The zero-order valence-electron chi connectivity index (χ0n) is 12.2. The van der Waals surface area contributed by atoms with Crippen molar-refractivity contribution in [3.63, 3.8) is 0 Å². The van der Waals surface area contributed by atoms with E-state index in [2.05, 4.69) is 6.58 Å². The number of hydrogen-bond acceptors (Lipinski definition) is 2. The van der Waals surface area contributed by atoms with Crippen molar-refractivity contribution in [3.8, 4) is 0 Å². The summed E-state index contributed by atoms with van der Waals surface area (Å²) in [5, 5.41) is 0. The second-order valence-corrected chi connectivity index (χ2v) is 5.33. The molecule has 0 spiro atoms. The van der Waals surface area contributed by atoms with E-state index in [1.807, 2.05) is 6.08 Å². The second kappa shape index (κ2) is 10.8. The van der Waals surface area contributed by atoms with Crippen molar-refractivity contribution in [1.82, 2.24) is 0 Å². The van der Waals surface area contributed by atoms with Crippen LogP contribution in [0, 0.1) is 0 Å². The molecular weight excluding hydrogens is 236 g/mol.